The highest BCUT2D eigenvalue weighted by atomic mass is 16.6. The van der Waals surface area contributed by atoms with Gasteiger partial charge in [0.1, 0.15) is 11.3 Å². The van der Waals surface area contributed by atoms with Crippen molar-refractivity contribution in [2.45, 2.75) is 77.1 Å². The molecule has 2 saturated heterocycles. The van der Waals surface area contributed by atoms with Crippen LogP contribution in [-0.4, -0.2) is 94.1 Å². The van der Waals surface area contributed by atoms with Crippen molar-refractivity contribution in [1.29, 1.82) is 0 Å². The number of rotatable bonds is 5. The molecule has 0 spiro atoms. The van der Waals surface area contributed by atoms with Gasteiger partial charge in [-0.3, -0.25) is 14.5 Å². The molecule has 188 valence electrons. The van der Waals surface area contributed by atoms with Gasteiger partial charge in [-0.25, -0.2) is 4.79 Å². The molecule has 1 unspecified atom stereocenters. The first kappa shape index (κ1) is 24.6. The lowest BCUT2D eigenvalue weighted by molar-refractivity contribution is -0.126. The number of amides is 3. The molecule has 9 nitrogen and oxygen atoms in total. The van der Waals surface area contributed by atoms with E-state index >= 15 is 0 Å². The van der Waals surface area contributed by atoms with Gasteiger partial charge >= 0.3 is 6.09 Å². The second-order valence-corrected chi connectivity index (χ2v) is 10.8. The van der Waals surface area contributed by atoms with Gasteiger partial charge in [0.15, 0.2) is 0 Å². The second kappa shape index (κ2) is 9.98. The van der Waals surface area contributed by atoms with Crippen LogP contribution < -0.4 is 5.32 Å². The zero-order valence-corrected chi connectivity index (χ0v) is 21.0. The zero-order chi connectivity index (χ0) is 24.5. The fourth-order valence-electron chi connectivity index (χ4n) is 4.74. The molecule has 1 aromatic heterocycles. The van der Waals surface area contributed by atoms with Gasteiger partial charge in [-0.15, -0.1) is 0 Å². The van der Waals surface area contributed by atoms with Crippen molar-refractivity contribution >= 4 is 17.9 Å². The standard InChI is InChI=1S/C25H39N5O4/c1-18(22(31)26-19-7-8-19)27-14-16-28(17-15-27)23(32)21-6-5-11-30(21)20-9-12-29(13-10-20)24(33)34-25(2,3)4/h5-6,11,18-20H,7-10,12-17H2,1-4H3,(H,26,31). The molecule has 3 fully saturated rings. The van der Waals surface area contributed by atoms with Crippen molar-refractivity contribution in [1.82, 2.24) is 24.6 Å². The summed E-state index contributed by atoms with van der Waals surface area (Å²) < 4.78 is 7.57. The molecule has 2 aliphatic heterocycles. The number of piperazine rings is 1. The number of likely N-dealkylation sites (tertiary alicyclic amines) is 1. The van der Waals surface area contributed by atoms with Gasteiger partial charge in [0.05, 0.1) is 6.04 Å². The Morgan fingerprint density at radius 3 is 2.21 bits per heavy atom. The molecule has 0 radical (unpaired) electrons. The number of nitrogens with one attached hydrogen (secondary N) is 1. The van der Waals surface area contributed by atoms with Crippen molar-refractivity contribution in [3.63, 3.8) is 0 Å². The predicted octanol–water partition coefficient (Wildman–Crippen LogP) is 2.48. The summed E-state index contributed by atoms with van der Waals surface area (Å²) in [5.41, 5.74) is 0.195. The summed E-state index contributed by atoms with van der Waals surface area (Å²) in [5.74, 6) is 0.128. The molecule has 3 aliphatic rings. The van der Waals surface area contributed by atoms with Crippen LogP contribution in [0, 0.1) is 0 Å². The molecule has 9 heteroatoms. The SMILES string of the molecule is CC(C(=O)NC1CC1)N1CCN(C(=O)c2cccn2C2CCN(C(=O)OC(C)(C)C)CC2)CC1. The Bertz CT molecular complexity index is 887. The van der Waals surface area contributed by atoms with Gasteiger partial charge in [-0.1, -0.05) is 0 Å². The normalized spacial score (nSPS) is 21.3. The number of piperidine rings is 1. The smallest absolute Gasteiger partial charge is 0.410 e. The van der Waals surface area contributed by atoms with Crippen LogP contribution in [0.3, 0.4) is 0 Å². The van der Waals surface area contributed by atoms with Gasteiger partial charge in [0, 0.05) is 57.5 Å². The Balaban J connectivity index is 1.29. The van der Waals surface area contributed by atoms with Gasteiger partial charge < -0.3 is 24.4 Å². The summed E-state index contributed by atoms with van der Waals surface area (Å²) in [7, 11) is 0. The minimum atomic E-state index is -0.503. The Morgan fingerprint density at radius 1 is 0.971 bits per heavy atom. The number of nitrogens with zero attached hydrogens (tertiary/aromatic N) is 4. The molecule has 1 aliphatic carbocycles. The minimum Gasteiger partial charge on any atom is -0.444 e. The molecule has 1 N–H and O–H groups in total. The Hall–Kier alpha value is -2.55. The fraction of sp³-hybridized carbons (Fsp3) is 0.720. The Morgan fingerprint density at radius 2 is 1.62 bits per heavy atom. The van der Waals surface area contributed by atoms with E-state index in [1.807, 2.05) is 50.9 Å². The maximum Gasteiger partial charge on any atom is 0.410 e. The van der Waals surface area contributed by atoms with Crippen LogP contribution in [0.25, 0.3) is 0 Å². The van der Waals surface area contributed by atoms with Crippen molar-refractivity contribution in [3.8, 4) is 0 Å². The van der Waals surface area contributed by atoms with Crippen molar-refractivity contribution in [3.05, 3.63) is 24.0 Å². The Labute approximate surface area is 202 Å². The number of carbonyl (C=O) groups is 3. The van der Waals surface area contributed by atoms with E-state index in [2.05, 4.69) is 14.8 Å². The number of aromatic nitrogens is 1. The average Bonchev–Trinajstić information content (AvgIpc) is 3.48. The van der Waals surface area contributed by atoms with E-state index < -0.39 is 5.60 Å². The topological polar surface area (TPSA) is 87.1 Å². The first-order valence-electron chi connectivity index (χ1n) is 12.6. The third-order valence-electron chi connectivity index (χ3n) is 6.96. The average molecular weight is 474 g/mol. The molecule has 3 heterocycles. The summed E-state index contributed by atoms with van der Waals surface area (Å²) in [6.07, 6.45) is 5.45. The van der Waals surface area contributed by atoms with Crippen LogP contribution in [0.2, 0.25) is 0 Å². The highest BCUT2D eigenvalue weighted by Crippen LogP contribution is 2.26. The lowest BCUT2D eigenvalue weighted by Crippen LogP contribution is -2.55. The Kier molecular flexibility index (Phi) is 7.21. The summed E-state index contributed by atoms with van der Waals surface area (Å²) in [5, 5.41) is 3.08. The molecule has 1 saturated carbocycles. The molecule has 1 atom stereocenters. The van der Waals surface area contributed by atoms with Crippen molar-refractivity contribution in [2.75, 3.05) is 39.3 Å². The molecule has 34 heavy (non-hydrogen) atoms. The zero-order valence-electron chi connectivity index (χ0n) is 21.0. The second-order valence-electron chi connectivity index (χ2n) is 10.8. The molecular formula is C25H39N5O4. The molecule has 0 bridgehead atoms. The van der Waals surface area contributed by atoms with E-state index in [0.29, 0.717) is 51.0 Å². The quantitative estimate of drug-likeness (QED) is 0.710. The van der Waals surface area contributed by atoms with Gasteiger partial charge in [0.2, 0.25) is 5.91 Å². The number of carbonyl (C=O) groups excluding carboxylic acids is 3. The van der Waals surface area contributed by atoms with Gasteiger partial charge in [0.25, 0.3) is 5.91 Å². The predicted molar refractivity (Wildman–Crippen MR) is 129 cm³/mol. The van der Waals surface area contributed by atoms with Crippen LogP contribution in [0.15, 0.2) is 18.3 Å². The monoisotopic (exact) mass is 473 g/mol. The van der Waals surface area contributed by atoms with Crippen molar-refractivity contribution in [2.24, 2.45) is 0 Å². The molecule has 0 aromatic carbocycles. The molecule has 1 aromatic rings. The summed E-state index contributed by atoms with van der Waals surface area (Å²) in [6.45, 7) is 11.4. The lowest BCUT2D eigenvalue weighted by Gasteiger charge is -2.38. The van der Waals surface area contributed by atoms with E-state index in [-0.39, 0.29) is 30.0 Å². The highest BCUT2D eigenvalue weighted by Gasteiger charge is 2.33. The maximum atomic E-state index is 13.3. The van der Waals surface area contributed by atoms with Crippen molar-refractivity contribution < 1.29 is 19.1 Å². The van der Waals surface area contributed by atoms with E-state index in [1.165, 1.54) is 0 Å². The van der Waals surface area contributed by atoms with Crippen LogP contribution in [0.5, 0.6) is 0 Å². The third kappa shape index (κ3) is 5.92. The minimum absolute atomic E-state index is 0.0364. The number of hydrogen-bond acceptors (Lipinski definition) is 5. The number of ether oxygens (including phenoxy) is 1. The number of hydrogen-bond donors (Lipinski definition) is 1. The van der Waals surface area contributed by atoms with Crippen LogP contribution in [-0.2, 0) is 9.53 Å². The van der Waals surface area contributed by atoms with Gasteiger partial charge in [-0.2, -0.15) is 0 Å². The van der Waals surface area contributed by atoms with E-state index in [4.69, 9.17) is 4.74 Å². The summed E-state index contributed by atoms with van der Waals surface area (Å²) in [6, 6.07) is 4.19. The van der Waals surface area contributed by atoms with E-state index in [9.17, 15) is 14.4 Å². The highest BCUT2D eigenvalue weighted by molar-refractivity contribution is 5.93. The summed E-state index contributed by atoms with van der Waals surface area (Å²) in [4.78, 5) is 43.9. The first-order valence-corrected chi connectivity index (χ1v) is 12.6. The molecular weight excluding hydrogens is 434 g/mol. The van der Waals surface area contributed by atoms with Crippen LogP contribution >= 0.6 is 0 Å². The third-order valence-corrected chi connectivity index (χ3v) is 6.96. The van der Waals surface area contributed by atoms with Crippen LogP contribution in [0.1, 0.15) is 69.9 Å². The van der Waals surface area contributed by atoms with Gasteiger partial charge in [-0.05, 0) is 65.5 Å². The summed E-state index contributed by atoms with van der Waals surface area (Å²) >= 11 is 0. The molecule has 4 rings (SSSR count). The largest absolute Gasteiger partial charge is 0.444 e. The first-order chi connectivity index (χ1) is 16.1. The maximum absolute atomic E-state index is 13.3. The fourth-order valence-corrected chi connectivity index (χ4v) is 4.74. The molecule has 3 amide bonds. The van der Waals surface area contributed by atoms with Crippen LogP contribution in [0.4, 0.5) is 4.79 Å². The van der Waals surface area contributed by atoms with E-state index in [1.54, 1.807) is 4.90 Å². The lowest BCUT2D eigenvalue weighted by atomic mass is 10.0. The van der Waals surface area contributed by atoms with E-state index in [0.717, 1.165) is 25.7 Å².